The highest BCUT2D eigenvalue weighted by Crippen LogP contribution is 2.26. The van der Waals surface area contributed by atoms with Crippen LogP contribution >= 0.6 is 0 Å². The Labute approximate surface area is 227 Å². The molecule has 0 bridgehead atoms. The van der Waals surface area contributed by atoms with E-state index in [1.54, 1.807) is 52.0 Å². The zero-order valence-corrected chi connectivity index (χ0v) is 23.3. The monoisotopic (exact) mass is 519 g/mol. The van der Waals surface area contributed by atoms with Gasteiger partial charge < -0.3 is 20.3 Å². The van der Waals surface area contributed by atoms with Crippen LogP contribution in [0, 0.1) is 12.3 Å². The number of ether oxygens (including phenoxy) is 1. The summed E-state index contributed by atoms with van der Waals surface area (Å²) in [6.45, 7) is 9.60. The van der Waals surface area contributed by atoms with Gasteiger partial charge >= 0.3 is 6.09 Å². The fraction of sp³-hybridized carbons (Fsp3) is 0.452. The fourth-order valence-electron chi connectivity index (χ4n) is 4.07. The van der Waals surface area contributed by atoms with Crippen LogP contribution < -0.4 is 10.6 Å². The van der Waals surface area contributed by atoms with Crippen LogP contribution in [-0.2, 0) is 20.9 Å². The number of unbranched alkanes of at least 4 members (excludes halogenated alkanes) is 3. The van der Waals surface area contributed by atoms with Gasteiger partial charge in [-0.2, -0.15) is 0 Å². The molecule has 0 aliphatic carbocycles. The smallest absolute Gasteiger partial charge is 0.408 e. The highest BCUT2D eigenvalue weighted by Gasteiger charge is 2.35. The van der Waals surface area contributed by atoms with Crippen molar-refractivity contribution >= 4 is 17.9 Å². The number of hydrogen-bond donors (Lipinski definition) is 2. The van der Waals surface area contributed by atoms with Crippen molar-refractivity contribution in [3.05, 3.63) is 71.3 Å². The van der Waals surface area contributed by atoms with Gasteiger partial charge in [-0.1, -0.05) is 80.6 Å². The number of nitrogens with zero attached hydrogens (tertiary/aromatic N) is 1. The molecule has 7 heteroatoms. The fourth-order valence-corrected chi connectivity index (χ4v) is 4.07. The molecule has 2 unspecified atom stereocenters. The van der Waals surface area contributed by atoms with Gasteiger partial charge in [0.25, 0.3) is 0 Å². The maximum Gasteiger partial charge on any atom is 0.408 e. The zero-order chi connectivity index (χ0) is 28.1. The first-order valence-electron chi connectivity index (χ1n) is 13.2. The van der Waals surface area contributed by atoms with E-state index in [4.69, 9.17) is 11.2 Å². The van der Waals surface area contributed by atoms with Crippen LogP contribution in [0.2, 0.25) is 0 Å². The van der Waals surface area contributed by atoms with Crippen molar-refractivity contribution in [2.24, 2.45) is 0 Å². The summed E-state index contributed by atoms with van der Waals surface area (Å²) in [5.74, 6) is 1.92. The van der Waals surface area contributed by atoms with Crippen molar-refractivity contribution < 1.29 is 19.1 Å². The van der Waals surface area contributed by atoms with E-state index in [-0.39, 0.29) is 11.8 Å². The molecule has 2 aromatic carbocycles. The number of carbonyl (C=O) groups excluding carboxylic acids is 3. The molecule has 0 heterocycles. The molecule has 0 aliphatic heterocycles. The van der Waals surface area contributed by atoms with Gasteiger partial charge in [-0.25, -0.2) is 4.79 Å². The molecule has 0 saturated carbocycles. The van der Waals surface area contributed by atoms with Gasteiger partial charge in [-0.05, 0) is 51.3 Å². The third-order valence-electron chi connectivity index (χ3n) is 5.92. The molecule has 3 amide bonds. The molecule has 2 atom stereocenters. The second-order valence-corrected chi connectivity index (χ2v) is 10.3. The van der Waals surface area contributed by atoms with E-state index in [1.807, 2.05) is 30.3 Å². The summed E-state index contributed by atoms with van der Waals surface area (Å²) in [4.78, 5) is 41.5. The maximum absolute atomic E-state index is 13.8. The summed E-state index contributed by atoms with van der Waals surface area (Å²) in [6.07, 6.45) is 8.76. The minimum atomic E-state index is -0.969. The molecule has 0 radical (unpaired) electrons. The Morgan fingerprint density at radius 1 is 1.00 bits per heavy atom. The van der Waals surface area contributed by atoms with E-state index < -0.39 is 23.8 Å². The van der Waals surface area contributed by atoms with E-state index >= 15 is 0 Å². The molecular weight excluding hydrogens is 478 g/mol. The van der Waals surface area contributed by atoms with Crippen molar-refractivity contribution in [3.8, 4) is 12.3 Å². The SMILES string of the molecule is C#Cc1ccccc1C(C(=O)NCc1ccccc1)N(CCCCCC)C(=O)C(C)NC(=O)OC(C)(C)C. The molecule has 2 aromatic rings. The molecule has 0 saturated heterocycles. The van der Waals surface area contributed by atoms with Crippen LogP contribution in [-0.4, -0.2) is 41.0 Å². The lowest BCUT2D eigenvalue weighted by Gasteiger charge is -2.34. The minimum absolute atomic E-state index is 0.304. The first-order chi connectivity index (χ1) is 18.1. The molecule has 0 spiro atoms. The second-order valence-electron chi connectivity index (χ2n) is 10.3. The molecule has 204 valence electrons. The number of rotatable bonds is 12. The van der Waals surface area contributed by atoms with Gasteiger partial charge in [-0.3, -0.25) is 9.59 Å². The molecule has 2 rings (SSSR count). The lowest BCUT2D eigenvalue weighted by molar-refractivity contribution is -0.142. The third-order valence-corrected chi connectivity index (χ3v) is 5.92. The summed E-state index contributed by atoms with van der Waals surface area (Å²) in [6, 6.07) is 14.8. The normalized spacial score (nSPS) is 12.5. The van der Waals surface area contributed by atoms with Gasteiger partial charge in [0, 0.05) is 18.7 Å². The van der Waals surface area contributed by atoms with Crippen LogP contribution in [0.15, 0.2) is 54.6 Å². The molecule has 7 nitrogen and oxygen atoms in total. The van der Waals surface area contributed by atoms with Crippen molar-refractivity contribution in [3.63, 3.8) is 0 Å². The summed E-state index contributed by atoms with van der Waals surface area (Å²) in [5.41, 5.74) is 1.32. The summed E-state index contributed by atoms with van der Waals surface area (Å²) in [7, 11) is 0. The number of amides is 3. The molecule has 0 fully saturated rings. The number of benzene rings is 2. The van der Waals surface area contributed by atoms with Crippen LogP contribution in [0.3, 0.4) is 0 Å². The number of hydrogen-bond acceptors (Lipinski definition) is 4. The van der Waals surface area contributed by atoms with Crippen molar-refractivity contribution in [1.82, 2.24) is 15.5 Å². The topological polar surface area (TPSA) is 87.7 Å². The highest BCUT2D eigenvalue weighted by molar-refractivity contribution is 5.92. The average molecular weight is 520 g/mol. The van der Waals surface area contributed by atoms with E-state index in [2.05, 4.69) is 23.5 Å². The number of carbonyl (C=O) groups is 3. The summed E-state index contributed by atoms with van der Waals surface area (Å²) < 4.78 is 5.34. The van der Waals surface area contributed by atoms with Crippen molar-refractivity contribution in [2.75, 3.05) is 6.54 Å². The predicted molar refractivity (Wildman–Crippen MR) is 150 cm³/mol. The van der Waals surface area contributed by atoms with E-state index in [0.29, 0.717) is 30.6 Å². The highest BCUT2D eigenvalue weighted by atomic mass is 16.6. The molecule has 0 aliphatic rings. The predicted octanol–water partition coefficient (Wildman–Crippen LogP) is 5.35. The Bertz CT molecular complexity index is 1100. The van der Waals surface area contributed by atoms with Gasteiger partial charge in [0.1, 0.15) is 17.7 Å². The van der Waals surface area contributed by atoms with Crippen molar-refractivity contribution in [2.45, 2.75) is 84.5 Å². The Hall–Kier alpha value is -3.79. The lowest BCUT2D eigenvalue weighted by atomic mass is 9.97. The second kappa shape index (κ2) is 14.8. The van der Waals surface area contributed by atoms with Gasteiger partial charge in [-0.15, -0.1) is 6.42 Å². The minimum Gasteiger partial charge on any atom is -0.444 e. The van der Waals surface area contributed by atoms with Gasteiger partial charge in [0.15, 0.2) is 0 Å². The van der Waals surface area contributed by atoms with Gasteiger partial charge in [0.05, 0.1) is 0 Å². The van der Waals surface area contributed by atoms with Gasteiger partial charge in [0.2, 0.25) is 11.8 Å². The van der Waals surface area contributed by atoms with Crippen LogP contribution in [0.1, 0.15) is 83.0 Å². The Morgan fingerprint density at radius 2 is 1.66 bits per heavy atom. The van der Waals surface area contributed by atoms with E-state index in [1.165, 1.54) is 4.90 Å². The molecule has 2 N–H and O–H groups in total. The maximum atomic E-state index is 13.8. The molecular formula is C31H41N3O4. The van der Waals surface area contributed by atoms with Crippen LogP contribution in [0.5, 0.6) is 0 Å². The molecule has 0 aromatic heterocycles. The number of alkyl carbamates (subject to hydrolysis) is 1. The standard InChI is InChI=1S/C31H41N3O4/c1-7-9-10-16-21-34(29(36)23(3)33-30(37)38-31(4,5)6)27(26-20-15-14-19-25(26)8-2)28(35)32-22-24-17-12-11-13-18-24/h2,11-15,17-20,23,27H,7,9-10,16,21-22H2,1,3-6H3,(H,32,35)(H,33,37). The Balaban J connectivity index is 2.42. The first-order valence-corrected chi connectivity index (χ1v) is 13.2. The Morgan fingerprint density at radius 3 is 2.29 bits per heavy atom. The summed E-state index contributed by atoms with van der Waals surface area (Å²) in [5, 5.41) is 5.61. The van der Waals surface area contributed by atoms with Crippen LogP contribution in [0.25, 0.3) is 0 Å². The largest absolute Gasteiger partial charge is 0.444 e. The lowest BCUT2D eigenvalue weighted by Crippen LogP contribution is -2.52. The number of nitrogens with one attached hydrogen (secondary N) is 2. The quantitative estimate of drug-likeness (QED) is 0.292. The van der Waals surface area contributed by atoms with E-state index in [9.17, 15) is 14.4 Å². The average Bonchev–Trinajstić information content (AvgIpc) is 2.88. The summed E-state index contributed by atoms with van der Waals surface area (Å²) >= 11 is 0. The van der Waals surface area contributed by atoms with E-state index in [0.717, 1.165) is 24.8 Å². The third kappa shape index (κ3) is 9.59. The van der Waals surface area contributed by atoms with Crippen molar-refractivity contribution in [1.29, 1.82) is 0 Å². The Kier molecular flexibility index (Phi) is 11.9. The molecule has 38 heavy (non-hydrogen) atoms. The first kappa shape index (κ1) is 30.4. The zero-order valence-electron chi connectivity index (χ0n) is 23.3. The van der Waals surface area contributed by atoms with Crippen LogP contribution in [0.4, 0.5) is 4.79 Å². The number of terminal acetylenes is 1.